The molecule has 7 heteroatoms. The molecule has 0 radical (unpaired) electrons. The molecule has 114 valence electrons. The first kappa shape index (κ1) is 16.9. The van der Waals surface area contributed by atoms with E-state index in [0.29, 0.717) is 31.6 Å². The van der Waals surface area contributed by atoms with Gasteiger partial charge < -0.3 is 4.74 Å². The summed E-state index contributed by atoms with van der Waals surface area (Å²) in [6.45, 7) is 2.94. The van der Waals surface area contributed by atoms with Gasteiger partial charge in [-0.2, -0.15) is 13.2 Å². The Hall–Kier alpha value is -1.18. The second-order valence-corrected chi connectivity index (χ2v) is 4.30. The van der Waals surface area contributed by atoms with Crippen molar-refractivity contribution >= 4 is 0 Å². The Balaban J connectivity index is 2.82. The van der Waals surface area contributed by atoms with Crippen molar-refractivity contribution in [3.8, 4) is 0 Å². The van der Waals surface area contributed by atoms with Gasteiger partial charge in [-0.05, 0) is 37.5 Å². The molecule has 0 saturated carbocycles. The number of alkyl halides is 3. The molecule has 1 rings (SSSR count). The standard InChI is InChI=1S/C13H18F4N2O/c1-2-20-7-3-4-12(19-18)9-5-6-11(14)10(8-9)13(15,16)17/h5-6,8,12,19H,2-4,7,18H2,1H3. The quantitative estimate of drug-likeness (QED) is 0.351. The van der Waals surface area contributed by atoms with Gasteiger partial charge >= 0.3 is 6.18 Å². The van der Waals surface area contributed by atoms with Crippen molar-refractivity contribution in [3.05, 3.63) is 35.1 Å². The molecule has 3 nitrogen and oxygen atoms in total. The van der Waals surface area contributed by atoms with Crippen LogP contribution in [0.25, 0.3) is 0 Å². The Morgan fingerprint density at radius 2 is 2.05 bits per heavy atom. The molecule has 0 saturated heterocycles. The van der Waals surface area contributed by atoms with E-state index in [9.17, 15) is 17.6 Å². The highest BCUT2D eigenvalue weighted by Gasteiger charge is 2.34. The van der Waals surface area contributed by atoms with Crippen molar-refractivity contribution in [3.63, 3.8) is 0 Å². The highest BCUT2D eigenvalue weighted by Crippen LogP contribution is 2.33. The van der Waals surface area contributed by atoms with Gasteiger partial charge in [0.1, 0.15) is 5.82 Å². The molecule has 0 spiro atoms. The monoisotopic (exact) mass is 294 g/mol. The van der Waals surface area contributed by atoms with E-state index in [-0.39, 0.29) is 0 Å². The van der Waals surface area contributed by atoms with Crippen LogP contribution in [0.2, 0.25) is 0 Å². The zero-order chi connectivity index (χ0) is 15.2. The van der Waals surface area contributed by atoms with Crippen molar-refractivity contribution in [2.75, 3.05) is 13.2 Å². The molecule has 1 aromatic rings. The van der Waals surface area contributed by atoms with Crippen molar-refractivity contribution in [1.82, 2.24) is 5.43 Å². The molecule has 0 amide bonds. The van der Waals surface area contributed by atoms with Gasteiger partial charge in [0.15, 0.2) is 0 Å². The number of halogens is 4. The normalized spacial score (nSPS) is 13.5. The first-order valence-electron chi connectivity index (χ1n) is 6.30. The van der Waals surface area contributed by atoms with Crippen molar-refractivity contribution in [2.24, 2.45) is 5.84 Å². The van der Waals surface area contributed by atoms with Crippen LogP contribution in [0.5, 0.6) is 0 Å². The average molecular weight is 294 g/mol. The Morgan fingerprint density at radius 3 is 2.60 bits per heavy atom. The van der Waals surface area contributed by atoms with Crippen LogP contribution in [0.1, 0.15) is 36.9 Å². The van der Waals surface area contributed by atoms with Gasteiger partial charge in [-0.1, -0.05) is 6.07 Å². The van der Waals surface area contributed by atoms with Gasteiger partial charge in [0.25, 0.3) is 0 Å². The van der Waals surface area contributed by atoms with Crippen molar-refractivity contribution in [1.29, 1.82) is 0 Å². The summed E-state index contributed by atoms with van der Waals surface area (Å²) < 4.78 is 56.3. The third-order valence-corrected chi connectivity index (χ3v) is 2.88. The van der Waals surface area contributed by atoms with E-state index in [1.807, 2.05) is 6.92 Å². The molecule has 0 aromatic heterocycles. The van der Waals surface area contributed by atoms with Crippen LogP contribution in [-0.4, -0.2) is 13.2 Å². The second-order valence-electron chi connectivity index (χ2n) is 4.30. The van der Waals surface area contributed by atoms with Crippen LogP contribution in [0.4, 0.5) is 17.6 Å². The summed E-state index contributed by atoms with van der Waals surface area (Å²) in [5.74, 6) is 4.07. The highest BCUT2D eigenvalue weighted by atomic mass is 19.4. The topological polar surface area (TPSA) is 47.3 Å². The molecule has 3 N–H and O–H groups in total. The molecule has 0 aliphatic heterocycles. The van der Waals surface area contributed by atoms with E-state index in [0.717, 1.165) is 12.1 Å². The summed E-state index contributed by atoms with van der Waals surface area (Å²) in [6.07, 6.45) is -3.58. The fraction of sp³-hybridized carbons (Fsp3) is 0.538. The zero-order valence-corrected chi connectivity index (χ0v) is 11.1. The Bertz CT molecular complexity index is 423. The minimum Gasteiger partial charge on any atom is -0.382 e. The summed E-state index contributed by atoms with van der Waals surface area (Å²) in [6, 6.07) is 2.43. The number of nitrogens with two attached hydrogens (primary N) is 1. The lowest BCUT2D eigenvalue weighted by molar-refractivity contribution is -0.140. The fourth-order valence-corrected chi connectivity index (χ4v) is 1.86. The lowest BCUT2D eigenvalue weighted by Gasteiger charge is -2.18. The smallest absolute Gasteiger partial charge is 0.382 e. The SMILES string of the molecule is CCOCCCC(NN)c1ccc(F)c(C(F)(F)F)c1. The maximum Gasteiger partial charge on any atom is 0.419 e. The van der Waals surface area contributed by atoms with Gasteiger partial charge in [-0.15, -0.1) is 0 Å². The lowest BCUT2D eigenvalue weighted by atomic mass is 10.00. The van der Waals surface area contributed by atoms with Gasteiger partial charge in [0.05, 0.1) is 5.56 Å². The van der Waals surface area contributed by atoms with Gasteiger partial charge in [-0.3, -0.25) is 11.3 Å². The highest BCUT2D eigenvalue weighted by molar-refractivity contribution is 5.29. The summed E-state index contributed by atoms with van der Waals surface area (Å²) in [4.78, 5) is 0. The minimum absolute atomic E-state index is 0.303. The van der Waals surface area contributed by atoms with E-state index < -0.39 is 23.6 Å². The molecular formula is C13H18F4N2O. The summed E-state index contributed by atoms with van der Waals surface area (Å²) >= 11 is 0. The molecule has 20 heavy (non-hydrogen) atoms. The number of benzene rings is 1. The number of nitrogens with one attached hydrogen (secondary N) is 1. The number of hydrazine groups is 1. The first-order chi connectivity index (χ1) is 9.40. The zero-order valence-electron chi connectivity index (χ0n) is 11.1. The molecule has 1 atom stereocenters. The third kappa shape index (κ3) is 4.73. The predicted molar refractivity (Wildman–Crippen MR) is 67.2 cm³/mol. The van der Waals surface area contributed by atoms with Crippen LogP contribution < -0.4 is 11.3 Å². The molecule has 0 aliphatic rings. The molecule has 1 aromatic carbocycles. The Labute approximate surface area is 115 Å². The molecule has 1 unspecified atom stereocenters. The third-order valence-electron chi connectivity index (χ3n) is 2.88. The van der Waals surface area contributed by atoms with Gasteiger partial charge in [0, 0.05) is 19.3 Å². The summed E-state index contributed by atoms with van der Waals surface area (Å²) in [5.41, 5.74) is 1.47. The second kappa shape index (κ2) is 7.56. The van der Waals surface area contributed by atoms with Crippen LogP contribution in [-0.2, 0) is 10.9 Å². The summed E-state index contributed by atoms with van der Waals surface area (Å²) in [5, 5.41) is 0. The van der Waals surface area contributed by atoms with Crippen LogP contribution in [0.3, 0.4) is 0 Å². The molecule has 0 aliphatic carbocycles. The molecule has 0 heterocycles. The molecule has 0 bridgehead atoms. The van der Waals surface area contributed by atoms with E-state index in [2.05, 4.69) is 5.43 Å². The van der Waals surface area contributed by atoms with Gasteiger partial charge in [-0.25, -0.2) is 4.39 Å². The van der Waals surface area contributed by atoms with Crippen molar-refractivity contribution in [2.45, 2.75) is 32.0 Å². The Morgan fingerprint density at radius 1 is 1.35 bits per heavy atom. The molecule has 0 fully saturated rings. The van der Waals surface area contributed by atoms with Crippen molar-refractivity contribution < 1.29 is 22.3 Å². The Kier molecular flexibility index (Phi) is 6.38. The first-order valence-corrected chi connectivity index (χ1v) is 6.30. The number of rotatable bonds is 7. The number of hydrogen-bond acceptors (Lipinski definition) is 3. The summed E-state index contributed by atoms with van der Waals surface area (Å²) in [7, 11) is 0. The van der Waals surface area contributed by atoms with E-state index >= 15 is 0 Å². The predicted octanol–water partition coefficient (Wildman–Crippen LogP) is 3.17. The molecular weight excluding hydrogens is 276 g/mol. The van der Waals surface area contributed by atoms with Gasteiger partial charge in [0.2, 0.25) is 0 Å². The minimum atomic E-state index is -4.72. The van der Waals surface area contributed by atoms with E-state index in [1.54, 1.807) is 0 Å². The average Bonchev–Trinajstić information content (AvgIpc) is 2.39. The maximum atomic E-state index is 13.2. The lowest BCUT2D eigenvalue weighted by Crippen LogP contribution is -2.28. The van der Waals surface area contributed by atoms with E-state index in [4.69, 9.17) is 10.6 Å². The largest absolute Gasteiger partial charge is 0.419 e. The fourth-order valence-electron chi connectivity index (χ4n) is 1.86. The van der Waals surface area contributed by atoms with Crippen LogP contribution >= 0.6 is 0 Å². The maximum absolute atomic E-state index is 13.2. The van der Waals surface area contributed by atoms with Crippen LogP contribution in [0.15, 0.2) is 18.2 Å². The van der Waals surface area contributed by atoms with Crippen LogP contribution in [0, 0.1) is 5.82 Å². The number of hydrogen-bond donors (Lipinski definition) is 2. The van der Waals surface area contributed by atoms with E-state index in [1.165, 1.54) is 6.07 Å². The number of ether oxygens (including phenoxy) is 1.